The van der Waals surface area contributed by atoms with Crippen molar-refractivity contribution in [2.45, 2.75) is 51.1 Å². The van der Waals surface area contributed by atoms with Gasteiger partial charge >= 0.3 is 0 Å². The number of furan rings is 1. The fourth-order valence-corrected chi connectivity index (χ4v) is 2.82. The summed E-state index contributed by atoms with van der Waals surface area (Å²) in [6.45, 7) is 3.80. The van der Waals surface area contributed by atoms with Crippen LogP contribution in [0.15, 0.2) is 16.7 Å². The second-order valence-corrected chi connectivity index (χ2v) is 5.78. The number of nitrogens with zero attached hydrogens (tertiary/aromatic N) is 1. The third-order valence-electron chi connectivity index (χ3n) is 4.06. The van der Waals surface area contributed by atoms with E-state index in [9.17, 15) is 4.79 Å². The Balaban J connectivity index is 1.68. The van der Waals surface area contributed by atoms with Gasteiger partial charge in [0.1, 0.15) is 12.0 Å². The Hall–Kier alpha value is -1.29. The van der Waals surface area contributed by atoms with Gasteiger partial charge < -0.3 is 14.6 Å². The summed E-state index contributed by atoms with van der Waals surface area (Å²) in [6.07, 6.45) is 7.59. The number of aryl methyl sites for hydroxylation is 1. The number of nitrogens with one attached hydrogen (secondary N) is 1. The molecule has 0 aromatic carbocycles. The molecule has 1 amide bonds. The predicted molar refractivity (Wildman–Crippen MR) is 73.1 cm³/mol. The van der Waals surface area contributed by atoms with Crippen molar-refractivity contribution in [1.82, 2.24) is 10.2 Å². The highest BCUT2D eigenvalue weighted by Crippen LogP contribution is 2.29. The monoisotopic (exact) mass is 262 g/mol. The van der Waals surface area contributed by atoms with Gasteiger partial charge in [0, 0.05) is 18.6 Å². The minimum Gasteiger partial charge on any atom is -0.469 e. The molecule has 0 spiro atoms. The molecule has 1 aromatic rings. The molecular weight excluding hydrogens is 240 g/mol. The molecule has 2 fully saturated rings. The smallest absolute Gasteiger partial charge is 0.257 e. The maximum atomic E-state index is 12.6. The molecule has 1 atom stereocenters. The quantitative estimate of drug-likeness (QED) is 0.906. The van der Waals surface area contributed by atoms with Crippen LogP contribution in [0.4, 0.5) is 0 Å². The lowest BCUT2D eigenvalue weighted by Gasteiger charge is -2.30. The molecule has 1 saturated heterocycles. The van der Waals surface area contributed by atoms with E-state index in [0.29, 0.717) is 17.6 Å². The third kappa shape index (κ3) is 3.00. The van der Waals surface area contributed by atoms with Gasteiger partial charge in [0.05, 0.1) is 5.56 Å². The molecule has 1 unspecified atom stereocenters. The van der Waals surface area contributed by atoms with E-state index < -0.39 is 0 Å². The summed E-state index contributed by atoms with van der Waals surface area (Å²) < 4.78 is 5.26. The van der Waals surface area contributed by atoms with Gasteiger partial charge in [-0.3, -0.25) is 4.79 Å². The van der Waals surface area contributed by atoms with Crippen LogP contribution in [0.3, 0.4) is 0 Å². The van der Waals surface area contributed by atoms with E-state index >= 15 is 0 Å². The highest BCUT2D eigenvalue weighted by molar-refractivity contribution is 5.94. The van der Waals surface area contributed by atoms with Gasteiger partial charge in [0.25, 0.3) is 5.91 Å². The van der Waals surface area contributed by atoms with Crippen LogP contribution in [0.2, 0.25) is 0 Å². The number of carbonyl (C=O) groups excluding carboxylic acids is 1. The van der Waals surface area contributed by atoms with Gasteiger partial charge in [0.15, 0.2) is 0 Å². The van der Waals surface area contributed by atoms with E-state index in [4.69, 9.17) is 4.42 Å². The van der Waals surface area contributed by atoms with Crippen LogP contribution in [0.25, 0.3) is 0 Å². The molecule has 3 rings (SSSR count). The molecule has 0 bridgehead atoms. The first-order valence-electron chi connectivity index (χ1n) is 7.33. The molecule has 19 heavy (non-hydrogen) atoms. The Morgan fingerprint density at radius 3 is 2.84 bits per heavy atom. The number of rotatable bonds is 4. The summed E-state index contributed by atoms with van der Waals surface area (Å²) in [5.41, 5.74) is 0.695. The molecule has 1 aliphatic heterocycles. The van der Waals surface area contributed by atoms with Crippen molar-refractivity contribution in [3.05, 3.63) is 23.7 Å². The SMILES string of the molecule is Cc1cc(C(=O)N(CC2CCCCN2)C2CC2)co1. The zero-order valence-electron chi connectivity index (χ0n) is 11.5. The summed E-state index contributed by atoms with van der Waals surface area (Å²) in [5, 5.41) is 3.53. The largest absolute Gasteiger partial charge is 0.469 e. The Morgan fingerprint density at radius 2 is 2.26 bits per heavy atom. The number of hydrogen-bond donors (Lipinski definition) is 1. The van der Waals surface area contributed by atoms with E-state index in [2.05, 4.69) is 5.32 Å². The fraction of sp³-hybridized carbons (Fsp3) is 0.667. The molecule has 4 heteroatoms. The van der Waals surface area contributed by atoms with Crippen LogP contribution in [-0.2, 0) is 0 Å². The van der Waals surface area contributed by atoms with Crippen molar-refractivity contribution in [3.63, 3.8) is 0 Å². The molecule has 1 aliphatic carbocycles. The summed E-state index contributed by atoms with van der Waals surface area (Å²) in [5.74, 6) is 0.932. The van der Waals surface area contributed by atoms with Crippen LogP contribution in [0.1, 0.15) is 48.2 Å². The van der Waals surface area contributed by atoms with Gasteiger partial charge in [-0.2, -0.15) is 0 Å². The van der Waals surface area contributed by atoms with Crippen LogP contribution in [0, 0.1) is 6.92 Å². The second-order valence-electron chi connectivity index (χ2n) is 5.78. The number of piperidine rings is 1. The van der Waals surface area contributed by atoms with E-state index in [1.165, 1.54) is 19.3 Å². The Labute approximate surface area is 114 Å². The lowest BCUT2D eigenvalue weighted by atomic mass is 10.0. The van der Waals surface area contributed by atoms with Crippen molar-refractivity contribution in [1.29, 1.82) is 0 Å². The van der Waals surface area contributed by atoms with Crippen LogP contribution in [-0.4, -0.2) is 36.0 Å². The van der Waals surface area contributed by atoms with Crippen LogP contribution < -0.4 is 5.32 Å². The molecule has 1 saturated carbocycles. The lowest BCUT2D eigenvalue weighted by Crippen LogP contribution is -2.46. The minimum absolute atomic E-state index is 0.131. The molecule has 4 nitrogen and oxygen atoms in total. The minimum atomic E-state index is 0.131. The maximum absolute atomic E-state index is 12.6. The van der Waals surface area contributed by atoms with Gasteiger partial charge in [-0.1, -0.05) is 6.42 Å². The van der Waals surface area contributed by atoms with Gasteiger partial charge in [0.2, 0.25) is 0 Å². The van der Waals surface area contributed by atoms with Crippen molar-refractivity contribution in [3.8, 4) is 0 Å². The molecule has 2 aliphatic rings. The van der Waals surface area contributed by atoms with E-state index in [-0.39, 0.29) is 5.91 Å². The molecule has 1 aromatic heterocycles. The Bertz CT molecular complexity index is 445. The summed E-state index contributed by atoms with van der Waals surface area (Å²) in [4.78, 5) is 14.6. The van der Waals surface area contributed by atoms with Gasteiger partial charge in [-0.15, -0.1) is 0 Å². The van der Waals surface area contributed by atoms with E-state index in [0.717, 1.165) is 31.7 Å². The number of carbonyl (C=O) groups is 1. The number of hydrogen-bond acceptors (Lipinski definition) is 3. The fourth-order valence-electron chi connectivity index (χ4n) is 2.82. The summed E-state index contributed by atoms with van der Waals surface area (Å²) in [6, 6.07) is 2.75. The third-order valence-corrected chi connectivity index (χ3v) is 4.06. The first-order chi connectivity index (χ1) is 9.24. The Kier molecular flexibility index (Phi) is 3.60. The normalized spacial score (nSPS) is 23.3. The van der Waals surface area contributed by atoms with E-state index in [1.54, 1.807) is 6.26 Å². The average molecular weight is 262 g/mol. The standard InChI is InChI=1S/C15H22N2O2/c1-11-8-12(10-19-11)15(18)17(14-5-6-14)9-13-4-2-3-7-16-13/h8,10,13-14,16H,2-7,9H2,1H3. The molecule has 2 heterocycles. The highest BCUT2D eigenvalue weighted by atomic mass is 16.3. The van der Waals surface area contributed by atoms with Crippen LogP contribution >= 0.6 is 0 Å². The van der Waals surface area contributed by atoms with Gasteiger partial charge in [-0.25, -0.2) is 0 Å². The van der Waals surface area contributed by atoms with Crippen molar-refractivity contribution in [2.75, 3.05) is 13.1 Å². The predicted octanol–water partition coefficient (Wildman–Crippen LogP) is 2.33. The zero-order valence-corrected chi connectivity index (χ0v) is 11.5. The summed E-state index contributed by atoms with van der Waals surface area (Å²) >= 11 is 0. The zero-order chi connectivity index (χ0) is 13.2. The van der Waals surface area contributed by atoms with Crippen molar-refractivity contribution in [2.24, 2.45) is 0 Å². The first kappa shape index (κ1) is 12.7. The highest BCUT2D eigenvalue weighted by Gasteiger charge is 2.35. The average Bonchev–Trinajstić information content (AvgIpc) is 3.18. The Morgan fingerprint density at radius 1 is 1.42 bits per heavy atom. The first-order valence-corrected chi connectivity index (χ1v) is 7.33. The molecule has 0 radical (unpaired) electrons. The van der Waals surface area contributed by atoms with Crippen molar-refractivity contribution < 1.29 is 9.21 Å². The lowest BCUT2D eigenvalue weighted by molar-refractivity contribution is 0.0717. The molecule has 104 valence electrons. The van der Waals surface area contributed by atoms with E-state index in [1.807, 2.05) is 17.9 Å². The number of amides is 1. The van der Waals surface area contributed by atoms with Crippen molar-refractivity contribution >= 4 is 5.91 Å². The summed E-state index contributed by atoms with van der Waals surface area (Å²) in [7, 11) is 0. The van der Waals surface area contributed by atoms with Gasteiger partial charge in [-0.05, 0) is 45.2 Å². The molecular formula is C15H22N2O2. The maximum Gasteiger partial charge on any atom is 0.257 e. The van der Waals surface area contributed by atoms with Crippen LogP contribution in [0.5, 0.6) is 0 Å². The second kappa shape index (κ2) is 5.37. The molecule has 1 N–H and O–H groups in total. The topological polar surface area (TPSA) is 45.5 Å².